The molecule has 0 bridgehead atoms. The molecule has 0 aliphatic carbocycles. The molecule has 3 rings (SSSR count). The van der Waals surface area contributed by atoms with Gasteiger partial charge in [0.05, 0.1) is 23.3 Å². The highest BCUT2D eigenvalue weighted by atomic mass is 35.5. The van der Waals surface area contributed by atoms with Crippen molar-refractivity contribution in [3.05, 3.63) is 77.1 Å². The second-order valence-electron chi connectivity index (χ2n) is 5.30. The van der Waals surface area contributed by atoms with Crippen LogP contribution in [0.25, 0.3) is 0 Å². The van der Waals surface area contributed by atoms with Gasteiger partial charge < -0.3 is 8.83 Å². The van der Waals surface area contributed by atoms with Crippen LogP contribution in [0.3, 0.4) is 0 Å². The Morgan fingerprint density at radius 3 is 2.21 bits per heavy atom. The van der Waals surface area contributed by atoms with E-state index in [1.807, 2.05) is 0 Å². The molecule has 3 aromatic rings. The van der Waals surface area contributed by atoms with E-state index in [1.54, 1.807) is 55.8 Å². The van der Waals surface area contributed by atoms with Crippen LogP contribution in [0.4, 0.5) is 0 Å². The van der Waals surface area contributed by atoms with Crippen molar-refractivity contribution in [1.29, 1.82) is 0 Å². The second kappa shape index (κ2) is 6.84. The van der Waals surface area contributed by atoms with Crippen molar-refractivity contribution in [2.45, 2.75) is 17.7 Å². The Labute approximate surface area is 145 Å². The average molecular weight is 366 g/mol. The van der Waals surface area contributed by atoms with Gasteiger partial charge in [-0.1, -0.05) is 17.7 Å². The van der Waals surface area contributed by atoms with E-state index in [0.717, 1.165) is 0 Å². The van der Waals surface area contributed by atoms with Gasteiger partial charge in [-0.15, -0.1) is 0 Å². The number of hydrogen-bond donors (Lipinski definition) is 1. The van der Waals surface area contributed by atoms with E-state index in [0.29, 0.717) is 22.1 Å². The number of nitrogens with one attached hydrogen (secondary N) is 1. The lowest BCUT2D eigenvalue weighted by Crippen LogP contribution is -2.29. The molecular weight excluding hydrogens is 350 g/mol. The Bertz CT molecular complexity index is 868. The highest BCUT2D eigenvalue weighted by Crippen LogP contribution is 2.27. The largest absolute Gasteiger partial charge is 0.469 e. The molecule has 126 valence electrons. The molecule has 7 heteroatoms. The first kappa shape index (κ1) is 16.8. The van der Waals surface area contributed by atoms with Crippen molar-refractivity contribution in [3.8, 4) is 0 Å². The maximum atomic E-state index is 12.6. The average Bonchev–Trinajstić information content (AvgIpc) is 3.24. The molecule has 1 aromatic carbocycles. The minimum Gasteiger partial charge on any atom is -0.469 e. The minimum atomic E-state index is -3.71. The van der Waals surface area contributed by atoms with Crippen LogP contribution in [0.15, 0.2) is 68.7 Å². The molecule has 0 saturated heterocycles. The Kier molecular flexibility index (Phi) is 4.80. The molecule has 0 radical (unpaired) electrons. The quantitative estimate of drug-likeness (QED) is 0.718. The van der Waals surface area contributed by atoms with Crippen molar-refractivity contribution in [1.82, 2.24) is 4.72 Å². The SMILES string of the molecule is Cc1c(Cl)cccc1S(=O)(=O)NCC(c1ccco1)c1ccco1. The van der Waals surface area contributed by atoms with Gasteiger partial charge in [0.25, 0.3) is 0 Å². The minimum absolute atomic E-state index is 0.106. The van der Waals surface area contributed by atoms with Gasteiger partial charge in [-0.2, -0.15) is 0 Å². The number of hydrogen-bond acceptors (Lipinski definition) is 4. The Morgan fingerprint density at radius 2 is 1.67 bits per heavy atom. The van der Waals surface area contributed by atoms with Crippen LogP contribution in [0.2, 0.25) is 5.02 Å². The highest BCUT2D eigenvalue weighted by molar-refractivity contribution is 7.89. The summed E-state index contributed by atoms with van der Waals surface area (Å²) in [5, 5.41) is 0.409. The molecule has 2 heterocycles. The van der Waals surface area contributed by atoms with Crippen LogP contribution in [-0.2, 0) is 10.0 Å². The Balaban J connectivity index is 1.86. The third-order valence-corrected chi connectivity index (χ3v) is 5.74. The number of rotatable bonds is 6. The predicted octanol–water partition coefficient (Wildman–Crippen LogP) is 3.94. The molecule has 2 aromatic heterocycles. The molecule has 0 amide bonds. The zero-order valence-corrected chi connectivity index (χ0v) is 14.5. The number of benzene rings is 1. The molecule has 0 aliphatic rings. The van der Waals surface area contributed by atoms with Gasteiger partial charge in [0.15, 0.2) is 0 Å². The van der Waals surface area contributed by atoms with Crippen molar-refractivity contribution in [2.75, 3.05) is 6.54 Å². The highest BCUT2D eigenvalue weighted by Gasteiger charge is 2.24. The molecule has 0 fully saturated rings. The van der Waals surface area contributed by atoms with E-state index in [1.165, 1.54) is 6.07 Å². The van der Waals surface area contributed by atoms with Gasteiger partial charge in [-0.3, -0.25) is 0 Å². The van der Waals surface area contributed by atoms with Crippen LogP contribution in [0.1, 0.15) is 23.0 Å². The first-order valence-corrected chi connectivity index (χ1v) is 9.17. The van der Waals surface area contributed by atoms with E-state index < -0.39 is 10.0 Å². The summed E-state index contributed by atoms with van der Waals surface area (Å²) in [6, 6.07) is 11.9. The maximum Gasteiger partial charge on any atom is 0.240 e. The summed E-state index contributed by atoms with van der Waals surface area (Å²) in [5.74, 6) is 0.884. The summed E-state index contributed by atoms with van der Waals surface area (Å²) in [6.45, 7) is 1.78. The van der Waals surface area contributed by atoms with Crippen LogP contribution < -0.4 is 4.72 Å². The fraction of sp³-hybridized carbons (Fsp3) is 0.176. The molecule has 1 N–H and O–H groups in total. The van der Waals surface area contributed by atoms with E-state index in [4.69, 9.17) is 20.4 Å². The third-order valence-electron chi connectivity index (χ3n) is 3.76. The number of sulfonamides is 1. The lowest BCUT2D eigenvalue weighted by Gasteiger charge is -2.15. The van der Waals surface area contributed by atoms with Gasteiger partial charge >= 0.3 is 0 Å². The molecule has 0 unspecified atom stereocenters. The summed E-state index contributed by atoms with van der Waals surface area (Å²) in [7, 11) is -3.71. The summed E-state index contributed by atoms with van der Waals surface area (Å²) in [4.78, 5) is 0.160. The topological polar surface area (TPSA) is 72.5 Å². The standard InChI is InChI=1S/C17H16ClNO4S/c1-12-14(18)5-2-8-17(12)24(20,21)19-11-13(15-6-3-9-22-15)16-7-4-10-23-16/h2-10,13,19H,11H2,1H3. The molecule has 5 nitrogen and oxygen atoms in total. The van der Waals surface area contributed by atoms with Crippen LogP contribution >= 0.6 is 11.6 Å². The normalized spacial score (nSPS) is 12.0. The lowest BCUT2D eigenvalue weighted by molar-refractivity contribution is 0.424. The monoisotopic (exact) mass is 365 g/mol. The molecular formula is C17H16ClNO4S. The van der Waals surface area contributed by atoms with Gasteiger partial charge in [0.1, 0.15) is 11.5 Å². The molecule has 0 saturated carbocycles. The van der Waals surface area contributed by atoms with E-state index in [-0.39, 0.29) is 17.4 Å². The summed E-state index contributed by atoms with van der Waals surface area (Å²) in [6.07, 6.45) is 3.09. The number of furan rings is 2. The molecule has 0 spiro atoms. The van der Waals surface area contributed by atoms with Crippen molar-refractivity contribution in [2.24, 2.45) is 0 Å². The first-order valence-electron chi connectivity index (χ1n) is 7.30. The van der Waals surface area contributed by atoms with E-state index in [9.17, 15) is 8.42 Å². The fourth-order valence-corrected chi connectivity index (χ4v) is 4.01. The summed E-state index contributed by atoms with van der Waals surface area (Å²) in [5.41, 5.74) is 0.513. The second-order valence-corrected chi connectivity index (χ2v) is 7.44. The third kappa shape index (κ3) is 3.40. The lowest BCUT2D eigenvalue weighted by atomic mass is 10.0. The number of halogens is 1. The zero-order chi connectivity index (χ0) is 17.2. The van der Waals surface area contributed by atoms with Crippen LogP contribution in [0.5, 0.6) is 0 Å². The van der Waals surface area contributed by atoms with Crippen LogP contribution in [-0.4, -0.2) is 15.0 Å². The molecule has 24 heavy (non-hydrogen) atoms. The zero-order valence-electron chi connectivity index (χ0n) is 12.9. The van der Waals surface area contributed by atoms with Crippen molar-refractivity contribution >= 4 is 21.6 Å². The summed E-state index contributed by atoms with van der Waals surface area (Å²) < 4.78 is 38.7. The van der Waals surface area contributed by atoms with Gasteiger partial charge in [0, 0.05) is 11.6 Å². The smallest absolute Gasteiger partial charge is 0.240 e. The summed E-state index contributed by atoms with van der Waals surface area (Å²) >= 11 is 6.02. The van der Waals surface area contributed by atoms with Gasteiger partial charge in [-0.05, 0) is 48.9 Å². The van der Waals surface area contributed by atoms with Crippen molar-refractivity contribution < 1.29 is 17.3 Å². The van der Waals surface area contributed by atoms with E-state index in [2.05, 4.69) is 4.72 Å². The van der Waals surface area contributed by atoms with Crippen LogP contribution in [0, 0.1) is 6.92 Å². The van der Waals surface area contributed by atoms with Crippen molar-refractivity contribution in [3.63, 3.8) is 0 Å². The Hall–Kier alpha value is -2.02. The van der Waals surface area contributed by atoms with E-state index >= 15 is 0 Å². The van der Waals surface area contributed by atoms with Gasteiger partial charge in [0.2, 0.25) is 10.0 Å². The Morgan fingerprint density at radius 1 is 1.04 bits per heavy atom. The fourth-order valence-electron chi connectivity index (χ4n) is 2.47. The molecule has 0 atom stereocenters. The van der Waals surface area contributed by atoms with Gasteiger partial charge in [-0.25, -0.2) is 13.1 Å². The first-order chi connectivity index (χ1) is 11.5. The maximum absolute atomic E-state index is 12.6. The molecule has 0 aliphatic heterocycles. The predicted molar refractivity (Wildman–Crippen MR) is 90.6 cm³/mol.